The van der Waals surface area contributed by atoms with Gasteiger partial charge in [-0.3, -0.25) is 19.2 Å². The smallest absolute Gasteiger partial charge is 0.351 e. The number of halogens is 6. The van der Waals surface area contributed by atoms with Crippen molar-refractivity contribution < 1.29 is 45.5 Å². The Morgan fingerprint density at radius 3 is 2.15 bits per heavy atom. The van der Waals surface area contributed by atoms with E-state index in [1.54, 1.807) is 27.7 Å². The van der Waals surface area contributed by atoms with Gasteiger partial charge in [-0.2, -0.15) is 31.6 Å². The quantitative estimate of drug-likeness (QED) is 0.391. The lowest BCUT2D eigenvalue weighted by Gasteiger charge is -2.49. The van der Waals surface area contributed by atoms with Crippen LogP contribution in [0.3, 0.4) is 0 Å². The van der Waals surface area contributed by atoms with E-state index in [1.165, 1.54) is 5.32 Å². The van der Waals surface area contributed by atoms with E-state index >= 15 is 0 Å². The number of carbonyl (C=O) groups is 4. The van der Waals surface area contributed by atoms with E-state index < -0.39 is 89.2 Å². The van der Waals surface area contributed by atoms with Gasteiger partial charge < -0.3 is 20.9 Å². The van der Waals surface area contributed by atoms with Gasteiger partial charge in [-0.25, -0.2) is 0 Å². The first-order valence-electron chi connectivity index (χ1n) is 13.4. The molecule has 2 heterocycles. The summed E-state index contributed by atoms with van der Waals surface area (Å²) in [7, 11) is 0. The number of piperidine rings is 1. The second kappa shape index (κ2) is 9.76. The Hall–Kier alpha value is -3.05. The number of alkyl halides is 6. The minimum Gasteiger partial charge on any atom is -0.351 e. The van der Waals surface area contributed by atoms with Crippen molar-refractivity contribution in [3.8, 4) is 6.07 Å². The first kappa shape index (κ1) is 30.9. The summed E-state index contributed by atoms with van der Waals surface area (Å²) in [4.78, 5) is 52.1. The van der Waals surface area contributed by atoms with Gasteiger partial charge in [0, 0.05) is 18.0 Å². The Balaban J connectivity index is 1.60. The lowest BCUT2D eigenvalue weighted by Crippen LogP contribution is -2.67. The molecule has 0 radical (unpaired) electrons. The van der Waals surface area contributed by atoms with Crippen LogP contribution in [0.15, 0.2) is 0 Å². The molecular formula is C26H33F6N5O4. The van der Waals surface area contributed by atoms with Crippen LogP contribution in [0, 0.1) is 39.9 Å². The van der Waals surface area contributed by atoms with Crippen LogP contribution in [0.25, 0.3) is 0 Å². The molecule has 3 N–H and O–H groups in total. The Kier molecular flexibility index (Phi) is 7.36. The average molecular weight is 594 g/mol. The third kappa shape index (κ3) is 5.34. The Morgan fingerprint density at radius 2 is 1.71 bits per heavy atom. The number of amides is 4. The van der Waals surface area contributed by atoms with E-state index in [4.69, 9.17) is 0 Å². The lowest BCUT2D eigenvalue weighted by molar-refractivity contribution is -0.262. The molecule has 0 bridgehead atoms. The molecule has 228 valence electrons. The van der Waals surface area contributed by atoms with Gasteiger partial charge in [0.25, 0.3) is 0 Å². The highest BCUT2D eigenvalue weighted by Gasteiger charge is 2.72. The second-order valence-electron chi connectivity index (χ2n) is 13.0. The van der Waals surface area contributed by atoms with E-state index in [-0.39, 0.29) is 31.2 Å². The molecule has 0 aromatic rings. The van der Waals surface area contributed by atoms with Gasteiger partial charge in [0.1, 0.15) is 18.1 Å². The van der Waals surface area contributed by atoms with Crippen LogP contribution in [0.2, 0.25) is 0 Å². The van der Waals surface area contributed by atoms with Crippen LogP contribution in [0.1, 0.15) is 59.8 Å². The highest BCUT2D eigenvalue weighted by Crippen LogP contribution is 2.65. The number of hydrogen-bond donors (Lipinski definition) is 3. The molecule has 15 heteroatoms. The molecule has 2 aliphatic heterocycles. The summed E-state index contributed by atoms with van der Waals surface area (Å²) in [6.07, 6.45) is -11.6. The van der Waals surface area contributed by atoms with Gasteiger partial charge in [-0.15, -0.1) is 0 Å². The van der Waals surface area contributed by atoms with Gasteiger partial charge in [0.05, 0.1) is 11.5 Å². The Bertz CT molecular complexity index is 1170. The van der Waals surface area contributed by atoms with Crippen molar-refractivity contribution in [1.29, 1.82) is 5.26 Å². The second-order valence-corrected chi connectivity index (χ2v) is 13.0. The fraction of sp³-hybridized carbons (Fsp3) is 0.808. The van der Waals surface area contributed by atoms with Crippen molar-refractivity contribution in [2.45, 2.75) is 95.8 Å². The molecule has 4 amide bonds. The fourth-order valence-electron chi connectivity index (χ4n) is 6.99. The third-order valence-corrected chi connectivity index (χ3v) is 9.48. The number of carbonyl (C=O) groups excluding carboxylic acids is 4. The fourth-order valence-corrected chi connectivity index (χ4v) is 6.99. The predicted molar refractivity (Wildman–Crippen MR) is 129 cm³/mol. The van der Waals surface area contributed by atoms with Gasteiger partial charge in [-0.05, 0) is 56.8 Å². The van der Waals surface area contributed by atoms with E-state index in [2.05, 4.69) is 10.6 Å². The van der Waals surface area contributed by atoms with Crippen molar-refractivity contribution >= 4 is 23.6 Å². The molecule has 41 heavy (non-hydrogen) atoms. The monoisotopic (exact) mass is 593 g/mol. The summed E-state index contributed by atoms with van der Waals surface area (Å²) in [6, 6.07) is -3.22. The maximum Gasteiger partial charge on any atom is 0.471 e. The third-order valence-electron chi connectivity index (χ3n) is 9.48. The molecule has 2 aliphatic carbocycles. The molecule has 4 fully saturated rings. The minimum atomic E-state index is -5.54. The number of fused-ring (bicyclic) bond motifs is 1. The van der Waals surface area contributed by atoms with Gasteiger partial charge in [0.15, 0.2) is 0 Å². The van der Waals surface area contributed by atoms with Crippen LogP contribution < -0.4 is 16.0 Å². The van der Waals surface area contributed by atoms with Crippen LogP contribution in [-0.2, 0) is 19.2 Å². The Labute approximate surface area is 232 Å². The minimum absolute atomic E-state index is 0.0111. The molecule has 2 saturated carbocycles. The molecule has 9 nitrogen and oxygen atoms in total. The van der Waals surface area contributed by atoms with E-state index in [0.29, 0.717) is 6.42 Å². The van der Waals surface area contributed by atoms with Gasteiger partial charge >= 0.3 is 18.3 Å². The summed E-state index contributed by atoms with van der Waals surface area (Å²) in [6.45, 7) is 6.99. The number of rotatable bonds is 7. The standard InChI is InChI=1S/C26H33F6N5O4/c1-22(2)9-12(18(38)36-22)8-13(10-33)34-19(39)16-15-14(23(15,3)4)11-37(16)20(40)17(35-21(41)25(27,28)29)24(6-5-7-24)26(30,31)32/h12-17H,5-9,11H2,1-4H3,(H,34,39)(H,35,41)(H,36,38)/t12-,13+,14+,15+,16+,17-/m1/s1. The van der Waals surface area contributed by atoms with E-state index in [0.717, 1.165) is 4.90 Å². The molecule has 0 spiro atoms. The summed E-state index contributed by atoms with van der Waals surface area (Å²) < 4.78 is 82.0. The van der Waals surface area contributed by atoms with Crippen molar-refractivity contribution in [2.75, 3.05) is 6.54 Å². The zero-order chi connectivity index (χ0) is 30.9. The highest BCUT2D eigenvalue weighted by molar-refractivity contribution is 5.95. The normalized spacial score (nSPS) is 30.7. The summed E-state index contributed by atoms with van der Waals surface area (Å²) >= 11 is 0. The van der Waals surface area contributed by atoms with Crippen LogP contribution >= 0.6 is 0 Å². The SMILES string of the molecule is CC1(C)C[C@@H](C[C@@H](C#N)NC(=O)[C@@H]2[C@@H]3[C@H](CN2C(=O)[C@@H](NC(=O)C(F)(F)F)C2(C(F)(F)F)CCC2)C3(C)C)C(=O)N1. The average Bonchev–Trinajstić information content (AvgIpc) is 3.08. The molecule has 0 unspecified atom stereocenters. The topological polar surface area (TPSA) is 131 Å². The van der Waals surface area contributed by atoms with Crippen molar-refractivity contribution in [2.24, 2.45) is 28.6 Å². The molecule has 4 rings (SSSR count). The maximum absolute atomic E-state index is 14.2. The molecule has 2 saturated heterocycles. The summed E-state index contributed by atoms with van der Waals surface area (Å²) in [5.41, 5.74) is -3.93. The first-order valence-corrected chi connectivity index (χ1v) is 13.4. The Morgan fingerprint density at radius 1 is 1.10 bits per heavy atom. The number of likely N-dealkylation sites (tertiary alicyclic amines) is 1. The lowest BCUT2D eigenvalue weighted by atomic mass is 9.62. The van der Waals surface area contributed by atoms with Crippen molar-refractivity contribution in [3.05, 3.63) is 0 Å². The zero-order valence-electron chi connectivity index (χ0n) is 23.0. The van der Waals surface area contributed by atoms with Crippen LogP contribution in [-0.4, -0.2) is 71.1 Å². The predicted octanol–water partition coefficient (Wildman–Crippen LogP) is 2.56. The maximum atomic E-state index is 14.2. The van der Waals surface area contributed by atoms with Crippen molar-refractivity contribution in [1.82, 2.24) is 20.9 Å². The van der Waals surface area contributed by atoms with Crippen LogP contribution in [0.5, 0.6) is 0 Å². The zero-order valence-corrected chi connectivity index (χ0v) is 23.0. The van der Waals surface area contributed by atoms with Gasteiger partial charge in [-0.1, -0.05) is 20.3 Å². The molecular weight excluding hydrogens is 560 g/mol. The van der Waals surface area contributed by atoms with E-state index in [1.807, 2.05) is 6.07 Å². The van der Waals surface area contributed by atoms with Gasteiger partial charge in [0.2, 0.25) is 17.7 Å². The summed E-state index contributed by atoms with van der Waals surface area (Å²) in [5, 5.41) is 16.3. The largest absolute Gasteiger partial charge is 0.471 e. The highest BCUT2D eigenvalue weighted by atomic mass is 19.4. The van der Waals surface area contributed by atoms with Crippen LogP contribution in [0.4, 0.5) is 26.3 Å². The first-order chi connectivity index (χ1) is 18.7. The number of hydrogen-bond acceptors (Lipinski definition) is 5. The molecule has 0 aromatic heterocycles. The number of nitrogens with zero attached hydrogens (tertiary/aromatic N) is 2. The number of nitrogens with one attached hydrogen (secondary N) is 3. The molecule has 4 aliphatic rings. The van der Waals surface area contributed by atoms with Crippen molar-refractivity contribution in [3.63, 3.8) is 0 Å². The molecule has 0 aromatic carbocycles. The molecule has 6 atom stereocenters. The summed E-state index contributed by atoms with van der Waals surface area (Å²) in [5.74, 6) is -6.70. The number of nitriles is 1. The van der Waals surface area contributed by atoms with E-state index in [9.17, 15) is 50.8 Å².